The third-order valence-electron chi connectivity index (χ3n) is 1.93. The highest BCUT2D eigenvalue weighted by Gasteiger charge is 2.25. The number of hydrogen-bond acceptors (Lipinski definition) is 2. The molecule has 0 fully saturated rings. The number of rotatable bonds is 0. The first kappa shape index (κ1) is 8.31. The maximum absolute atomic E-state index is 4.04. The van der Waals surface area contributed by atoms with Crippen LogP contribution in [0, 0.1) is 5.41 Å². The molecule has 0 N–H and O–H groups in total. The Labute approximate surface area is 68.6 Å². The van der Waals surface area contributed by atoms with Gasteiger partial charge >= 0.3 is 0 Å². The molecule has 1 aliphatic heterocycles. The molecule has 0 aromatic heterocycles. The molecule has 1 heterocycles. The van der Waals surface area contributed by atoms with Gasteiger partial charge in [0.05, 0.1) is 12.4 Å². The highest BCUT2D eigenvalue weighted by Crippen LogP contribution is 2.24. The second-order valence-electron chi connectivity index (χ2n) is 4.08. The van der Waals surface area contributed by atoms with E-state index in [1.165, 1.54) is 0 Å². The van der Waals surface area contributed by atoms with Crippen molar-refractivity contribution in [3.8, 4) is 0 Å². The minimum atomic E-state index is 0.289. The summed E-state index contributed by atoms with van der Waals surface area (Å²) in [5, 5.41) is 0. The van der Waals surface area contributed by atoms with Crippen LogP contribution in [0.15, 0.2) is 17.3 Å². The van der Waals surface area contributed by atoms with Crippen LogP contribution < -0.4 is 0 Å². The second kappa shape index (κ2) is 2.68. The minimum absolute atomic E-state index is 0.289. The molecule has 0 aromatic carbocycles. The molecule has 1 unspecified atom stereocenters. The monoisotopic (exact) mass is 152 g/mol. The van der Waals surface area contributed by atoms with Crippen molar-refractivity contribution in [1.82, 2.24) is 4.90 Å². The van der Waals surface area contributed by atoms with E-state index in [1.807, 2.05) is 12.5 Å². The molecule has 11 heavy (non-hydrogen) atoms. The van der Waals surface area contributed by atoms with Crippen molar-refractivity contribution in [3.63, 3.8) is 0 Å². The molecule has 2 nitrogen and oxygen atoms in total. The van der Waals surface area contributed by atoms with Crippen LogP contribution in [0.25, 0.3) is 0 Å². The Bertz CT molecular complexity index is 186. The van der Waals surface area contributed by atoms with Gasteiger partial charge in [-0.25, -0.2) is 4.99 Å². The van der Waals surface area contributed by atoms with Crippen LogP contribution in [0.4, 0.5) is 0 Å². The van der Waals surface area contributed by atoms with E-state index in [0.29, 0.717) is 6.04 Å². The topological polar surface area (TPSA) is 15.6 Å². The third-order valence-corrected chi connectivity index (χ3v) is 1.93. The van der Waals surface area contributed by atoms with Gasteiger partial charge in [0.1, 0.15) is 0 Å². The highest BCUT2D eigenvalue weighted by molar-refractivity contribution is 5.58. The van der Waals surface area contributed by atoms with Crippen LogP contribution in [-0.4, -0.2) is 24.3 Å². The zero-order valence-electron chi connectivity index (χ0n) is 7.70. The molecule has 0 saturated carbocycles. The van der Waals surface area contributed by atoms with Gasteiger partial charge in [-0.3, -0.25) is 0 Å². The summed E-state index contributed by atoms with van der Waals surface area (Å²) in [5.74, 6) is 0. The highest BCUT2D eigenvalue weighted by atomic mass is 15.2. The maximum atomic E-state index is 4.04. The maximum Gasteiger partial charge on any atom is 0.0907 e. The van der Waals surface area contributed by atoms with Gasteiger partial charge in [-0.15, -0.1) is 0 Å². The lowest BCUT2D eigenvalue weighted by molar-refractivity contribution is 0.237. The van der Waals surface area contributed by atoms with Crippen molar-refractivity contribution in [1.29, 1.82) is 0 Å². The molecule has 0 radical (unpaired) electrons. The minimum Gasteiger partial charge on any atom is -0.359 e. The Morgan fingerprint density at radius 1 is 1.36 bits per heavy atom. The Kier molecular flexibility index (Phi) is 2.03. The van der Waals surface area contributed by atoms with Crippen molar-refractivity contribution in [2.24, 2.45) is 10.4 Å². The molecular formula is C9H16N2. The molecule has 0 bridgehead atoms. The second-order valence-corrected chi connectivity index (χ2v) is 4.08. The van der Waals surface area contributed by atoms with E-state index >= 15 is 0 Å². The first-order valence-corrected chi connectivity index (χ1v) is 3.94. The van der Waals surface area contributed by atoms with Crippen LogP contribution >= 0.6 is 0 Å². The molecule has 0 saturated heterocycles. The summed E-state index contributed by atoms with van der Waals surface area (Å²) in [7, 11) is 2.06. The van der Waals surface area contributed by atoms with E-state index in [1.54, 1.807) is 0 Å². The van der Waals surface area contributed by atoms with Crippen molar-refractivity contribution in [2.75, 3.05) is 7.05 Å². The van der Waals surface area contributed by atoms with Gasteiger partial charge in [0.2, 0.25) is 0 Å². The lowest BCUT2D eigenvalue weighted by Crippen LogP contribution is -2.40. The van der Waals surface area contributed by atoms with Crippen LogP contribution in [0.2, 0.25) is 0 Å². The Hall–Kier alpha value is -0.790. The fourth-order valence-electron chi connectivity index (χ4n) is 1.38. The molecular weight excluding hydrogens is 136 g/mol. The Morgan fingerprint density at radius 2 is 2.00 bits per heavy atom. The number of likely N-dealkylation sites (N-methyl/N-ethyl adjacent to an activating group) is 1. The molecule has 1 atom stereocenters. The van der Waals surface area contributed by atoms with Gasteiger partial charge in [0.15, 0.2) is 0 Å². The number of nitrogens with zero attached hydrogens (tertiary/aromatic N) is 2. The molecule has 62 valence electrons. The summed E-state index contributed by atoms with van der Waals surface area (Å²) in [5.41, 5.74) is 0.289. The lowest BCUT2D eigenvalue weighted by atomic mass is 9.86. The molecule has 1 aliphatic rings. The summed E-state index contributed by atoms with van der Waals surface area (Å²) in [6, 6.07) is 0.472. The largest absolute Gasteiger partial charge is 0.359 e. The summed E-state index contributed by atoms with van der Waals surface area (Å²) >= 11 is 0. The molecule has 0 amide bonds. The molecule has 2 heteroatoms. The van der Waals surface area contributed by atoms with Crippen molar-refractivity contribution in [3.05, 3.63) is 12.3 Å². The van der Waals surface area contributed by atoms with Gasteiger partial charge in [0.25, 0.3) is 0 Å². The summed E-state index contributed by atoms with van der Waals surface area (Å²) in [4.78, 5) is 6.18. The van der Waals surface area contributed by atoms with Gasteiger partial charge in [-0.2, -0.15) is 0 Å². The fraction of sp³-hybridized carbons (Fsp3) is 0.667. The predicted octanol–water partition coefficient (Wildman–Crippen LogP) is 1.89. The SMILES string of the molecule is CN1C=NC=CC1C(C)(C)C. The third kappa shape index (κ3) is 1.82. The Balaban J connectivity index is 2.74. The van der Waals surface area contributed by atoms with E-state index in [-0.39, 0.29) is 5.41 Å². The van der Waals surface area contributed by atoms with E-state index in [2.05, 4.69) is 43.8 Å². The quantitative estimate of drug-likeness (QED) is 0.517. The lowest BCUT2D eigenvalue weighted by Gasteiger charge is -2.35. The molecule has 0 aliphatic carbocycles. The average Bonchev–Trinajstić information content (AvgIpc) is 1.86. The smallest absolute Gasteiger partial charge is 0.0907 e. The van der Waals surface area contributed by atoms with E-state index in [9.17, 15) is 0 Å². The van der Waals surface area contributed by atoms with Crippen LogP contribution in [0.1, 0.15) is 20.8 Å². The summed E-state index contributed by atoms with van der Waals surface area (Å²) in [6.45, 7) is 6.70. The zero-order valence-corrected chi connectivity index (χ0v) is 7.70. The molecule has 1 rings (SSSR count). The molecule has 0 spiro atoms. The Morgan fingerprint density at radius 3 is 2.36 bits per heavy atom. The molecule has 0 aromatic rings. The average molecular weight is 152 g/mol. The van der Waals surface area contributed by atoms with Crippen LogP contribution in [0.3, 0.4) is 0 Å². The summed E-state index contributed by atoms with van der Waals surface area (Å²) < 4.78 is 0. The zero-order chi connectivity index (χ0) is 8.48. The normalized spacial score (nSPS) is 24.4. The van der Waals surface area contributed by atoms with E-state index in [4.69, 9.17) is 0 Å². The van der Waals surface area contributed by atoms with Crippen molar-refractivity contribution in [2.45, 2.75) is 26.8 Å². The van der Waals surface area contributed by atoms with Gasteiger partial charge in [-0.05, 0) is 11.5 Å². The van der Waals surface area contributed by atoms with Gasteiger partial charge in [0, 0.05) is 13.2 Å². The number of aliphatic imine (C=N–C) groups is 1. The van der Waals surface area contributed by atoms with E-state index in [0.717, 1.165) is 0 Å². The van der Waals surface area contributed by atoms with Gasteiger partial charge < -0.3 is 4.90 Å². The fourth-order valence-corrected chi connectivity index (χ4v) is 1.38. The standard InChI is InChI=1S/C9H16N2/c1-9(2,3)8-5-6-10-7-11(8)4/h5-8H,1-4H3. The first-order valence-electron chi connectivity index (χ1n) is 3.94. The van der Waals surface area contributed by atoms with E-state index < -0.39 is 0 Å². The van der Waals surface area contributed by atoms with Gasteiger partial charge in [-0.1, -0.05) is 20.8 Å². The first-order chi connectivity index (χ1) is 5.02. The van der Waals surface area contributed by atoms with Crippen molar-refractivity contribution >= 4 is 6.34 Å². The van der Waals surface area contributed by atoms with Crippen LogP contribution in [-0.2, 0) is 0 Å². The van der Waals surface area contributed by atoms with Crippen LogP contribution in [0.5, 0.6) is 0 Å². The van der Waals surface area contributed by atoms with Crippen molar-refractivity contribution < 1.29 is 0 Å². The number of hydrogen-bond donors (Lipinski definition) is 0. The summed E-state index contributed by atoms with van der Waals surface area (Å²) in [6.07, 6.45) is 5.88. The predicted molar refractivity (Wildman–Crippen MR) is 48.6 cm³/mol.